The number of ether oxygens (including phenoxy) is 2. The van der Waals surface area contributed by atoms with Crippen LogP contribution in [0.4, 0.5) is 4.39 Å². The first-order valence-corrected chi connectivity index (χ1v) is 7.96. The lowest BCUT2D eigenvalue weighted by atomic mass is 10.2. The first kappa shape index (κ1) is 16.0. The Morgan fingerprint density at radius 2 is 1.86 bits per heavy atom. The summed E-state index contributed by atoms with van der Waals surface area (Å²) in [5, 5.41) is 0. The Hall–Kier alpha value is -1.38. The molecule has 0 aromatic heterocycles. The summed E-state index contributed by atoms with van der Waals surface area (Å²) < 4.78 is 50.6. The first-order chi connectivity index (χ1) is 9.82. The van der Waals surface area contributed by atoms with Crippen molar-refractivity contribution in [2.75, 3.05) is 20.8 Å². The maximum Gasteiger partial charge on any atom is 0.246 e. The number of methoxy groups -OCH3 is 2. The number of benzene rings is 1. The largest absolute Gasteiger partial charge is 0.493 e. The summed E-state index contributed by atoms with van der Waals surface area (Å²) in [4.78, 5) is -0.430. The van der Waals surface area contributed by atoms with Crippen molar-refractivity contribution < 1.29 is 22.3 Å². The van der Waals surface area contributed by atoms with Crippen LogP contribution in [0.15, 0.2) is 17.0 Å². The molecule has 0 saturated carbocycles. The molecule has 8 heteroatoms. The van der Waals surface area contributed by atoms with Gasteiger partial charge in [-0.05, 0) is 13.3 Å². The van der Waals surface area contributed by atoms with E-state index in [1.807, 2.05) is 0 Å². The van der Waals surface area contributed by atoms with E-state index in [1.54, 1.807) is 6.92 Å². The third-order valence-electron chi connectivity index (χ3n) is 3.78. The number of rotatable bonds is 4. The molecule has 1 aromatic rings. The number of halogens is 1. The van der Waals surface area contributed by atoms with Gasteiger partial charge >= 0.3 is 0 Å². The molecule has 0 amide bonds. The van der Waals surface area contributed by atoms with Gasteiger partial charge in [0.2, 0.25) is 10.0 Å². The van der Waals surface area contributed by atoms with Crippen LogP contribution in [-0.2, 0) is 10.0 Å². The fourth-order valence-corrected chi connectivity index (χ4v) is 4.19. The summed E-state index contributed by atoms with van der Waals surface area (Å²) >= 11 is 0. The number of sulfonamides is 1. The van der Waals surface area contributed by atoms with Gasteiger partial charge in [0.15, 0.2) is 11.5 Å². The van der Waals surface area contributed by atoms with Crippen LogP contribution in [0, 0.1) is 5.82 Å². The average Bonchev–Trinajstić information content (AvgIpc) is 2.78. The van der Waals surface area contributed by atoms with E-state index in [1.165, 1.54) is 18.5 Å². The van der Waals surface area contributed by atoms with Gasteiger partial charge in [0, 0.05) is 30.8 Å². The van der Waals surface area contributed by atoms with Gasteiger partial charge in [-0.25, -0.2) is 12.8 Å². The molecule has 118 valence electrons. The minimum atomic E-state index is -3.97. The zero-order valence-electron chi connectivity index (χ0n) is 12.2. The zero-order valence-corrected chi connectivity index (χ0v) is 13.0. The molecular weight excluding hydrogens is 299 g/mol. The average molecular weight is 318 g/mol. The summed E-state index contributed by atoms with van der Waals surface area (Å²) in [7, 11) is -1.25. The molecule has 2 rings (SSSR count). The van der Waals surface area contributed by atoms with Crippen molar-refractivity contribution in [3.05, 3.63) is 17.9 Å². The normalized spacial score (nSPS) is 23.3. The van der Waals surface area contributed by atoms with Gasteiger partial charge in [0.1, 0.15) is 10.7 Å². The van der Waals surface area contributed by atoms with E-state index in [0.29, 0.717) is 6.42 Å². The molecule has 1 aliphatic rings. The molecule has 0 bridgehead atoms. The van der Waals surface area contributed by atoms with Gasteiger partial charge in [0.25, 0.3) is 0 Å². The van der Waals surface area contributed by atoms with Crippen molar-refractivity contribution in [3.8, 4) is 11.5 Å². The fourth-order valence-electron chi connectivity index (χ4n) is 2.43. The molecule has 0 spiro atoms. The Balaban J connectivity index is 2.50. The van der Waals surface area contributed by atoms with Gasteiger partial charge in [0.05, 0.1) is 14.2 Å². The second-order valence-corrected chi connectivity index (χ2v) is 6.81. The molecular formula is C13H19FN2O4S. The van der Waals surface area contributed by atoms with E-state index in [2.05, 4.69) is 0 Å². The predicted octanol–water partition coefficient (Wildman–Crippen LogP) is 0.953. The molecule has 21 heavy (non-hydrogen) atoms. The predicted molar refractivity (Wildman–Crippen MR) is 75.5 cm³/mol. The molecule has 2 N–H and O–H groups in total. The third-order valence-corrected chi connectivity index (χ3v) is 5.78. The molecule has 1 heterocycles. The van der Waals surface area contributed by atoms with Gasteiger partial charge < -0.3 is 15.2 Å². The molecule has 1 saturated heterocycles. The Morgan fingerprint density at radius 3 is 2.33 bits per heavy atom. The van der Waals surface area contributed by atoms with Crippen LogP contribution in [0.5, 0.6) is 11.5 Å². The van der Waals surface area contributed by atoms with Crippen LogP contribution < -0.4 is 15.2 Å². The lowest BCUT2D eigenvalue weighted by Gasteiger charge is -2.23. The van der Waals surface area contributed by atoms with Crippen molar-refractivity contribution in [2.45, 2.75) is 30.3 Å². The van der Waals surface area contributed by atoms with E-state index >= 15 is 0 Å². The van der Waals surface area contributed by atoms with Crippen molar-refractivity contribution in [1.29, 1.82) is 0 Å². The number of nitrogens with zero attached hydrogens (tertiary/aromatic N) is 1. The molecule has 1 aromatic carbocycles. The summed E-state index contributed by atoms with van der Waals surface area (Å²) in [6.07, 6.45) is 0.551. The highest BCUT2D eigenvalue weighted by molar-refractivity contribution is 7.89. The van der Waals surface area contributed by atoms with Gasteiger partial charge in [-0.15, -0.1) is 0 Å². The van der Waals surface area contributed by atoms with Crippen molar-refractivity contribution in [3.63, 3.8) is 0 Å². The lowest BCUT2D eigenvalue weighted by molar-refractivity contribution is 0.348. The molecule has 1 aliphatic heterocycles. The third kappa shape index (κ3) is 2.70. The number of nitrogens with two attached hydrogens (primary N) is 1. The molecule has 1 fully saturated rings. The number of hydrogen-bond donors (Lipinski definition) is 1. The summed E-state index contributed by atoms with van der Waals surface area (Å²) in [6, 6.07) is 1.53. The SMILES string of the molecule is COc1cc(F)c(S(=O)(=O)N2CCC(N)C2C)cc1OC. The van der Waals surface area contributed by atoms with Gasteiger partial charge in [-0.2, -0.15) is 4.31 Å². The maximum absolute atomic E-state index is 14.2. The van der Waals surface area contributed by atoms with Crippen LogP contribution >= 0.6 is 0 Å². The quantitative estimate of drug-likeness (QED) is 0.894. The van der Waals surface area contributed by atoms with Gasteiger partial charge in [-0.1, -0.05) is 0 Å². The van der Waals surface area contributed by atoms with E-state index in [4.69, 9.17) is 15.2 Å². The highest BCUT2D eigenvalue weighted by Crippen LogP contribution is 2.34. The molecule has 6 nitrogen and oxygen atoms in total. The molecule has 0 aliphatic carbocycles. The van der Waals surface area contributed by atoms with Gasteiger partial charge in [-0.3, -0.25) is 0 Å². The van der Waals surface area contributed by atoms with E-state index < -0.39 is 20.7 Å². The van der Waals surface area contributed by atoms with Crippen LogP contribution in [-0.4, -0.2) is 45.6 Å². The standard InChI is InChI=1S/C13H19FN2O4S/c1-8-10(15)4-5-16(8)21(17,18)13-7-12(20-3)11(19-2)6-9(13)14/h6-8,10H,4-5,15H2,1-3H3. The second-order valence-electron chi connectivity index (χ2n) is 4.95. The topological polar surface area (TPSA) is 81.9 Å². The molecule has 0 radical (unpaired) electrons. The van der Waals surface area contributed by atoms with Crippen molar-refractivity contribution in [1.82, 2.24) is 4.31 Å². The summed E-state index contributed by atoms with van der Waals surface area (Å²) in [5.74, 6) is -0.575. The van der Waals surface area contributed by atoms with E-state index in [0.717, 1.165) is 12.1 Å². The van der Waals surface area contributed by atoms with Crippen molar-refractivity contribution in [2.24, 2.45) is 5.73 Å². The summed E-state index contributed by atoms with van der Waals surface area (Å²) in [5.41, 5.74) is 5.84. The minimum Gasteiger partial charge on any atom is -0.493 e. The van der Waals surface area contributed by atoms with Crippen molar-refractivity contribution >= 4 is 10.0 Å². The Labute approximate surface area is 123 Å². The number of hydrogen-bond acceptors (Lipinski definition) is 5. The van der Waals surface area contributed by atoms with Crippen LogP contribution in [0.1, 0.15) is 13.3 Å². The molecule has 2 unspecified atom stereocenters. The first-order valence-electron chi connectivity index (χ1n) is 6.52. The second kappa shape index (κ2) is 5.78. The maximum atomic E-state index is 14.2. The van der Waals surface area contributed by atoms with Crippen LogP contribution in [0.25, 0.3) is 0 Å². The summed E-state index contributed by atoms with van der Waals surface area (Å²) in [6.45, 7) is 1.99. The zero-order chi connectivity index (χ0) is 15.8. The monoisotopic (exact) mass is 318 g/mol. The Morgan fingerprint density at radius 1 is 1.29 bits per heavy atom. The van der Waals surface area contributed by atoms with E-state index in [9.17, 15) is 12.8 Å². The highest BCUT2D eigenvalue weighted by Gasteiger charge is 2.39. The fraction of sp³-hybridized carbons (Fsp3) is 0.538. The Kier molecular flexibility index (Phi) is 4.40. The van der Waals surface area contributed by atoms with Crippen LogP contribution in [0.3, 0.4) is 0 Å². The van der Waals surface area contributed by atoms with Crippen LogP contribution in [0.2, 0.25) is 0 Å². The van der Waals surface area contributed by atoms with E-state index in [-0.39, 0.29) is 30.1 Å². The lowest BCUT2D eigenvalue weighted by Crippen LogP contribution is -2.40. The molecule has 2 atom stereocenters. The smallest absolute Gasteiger partial charge is 0.246 e. The Bertz CT molecular complexity index is 635. The highest BCUT2D eigenvalue weighted by atomic mass is 32.2. The minimum absolute atomic E-state index is 0.139.